The van der Waals surface area contributed by atoms with Crippen LogP contribution in [0, 0.1) is 18.9 Å². The Morgan fingerprint density at radius 1 is 1.04 bits per heavy atom. The second-order valence-corrected chi connectivity index (χ2v) is 6.65. The smallest absolute Gasteiger partial charge is 1.00 e. The fraction of sp³-hybridized carbons (Fsp3) is 0.182. The fourth-order valence-corrected chi connectivity index (χ4v) is 4.34. The molecule has 1 radical (unpaired) electrons. The molecule has 0 fully saturated rings. The summed E-state index contributed by atoms with van der Waals surface area (Å²) in [6, 6.07) is 15.7. The Hall–Kier alpha value is -1.08. The van der Waals surface area contributed by atoms with Crippen LogP contribution in [0.1, 0.15) is 22.6 Å². The number of nitrogens with zero attached hydrogens (tertiary/aromatic N) is 1. The van der Waals surface area contributed by atoms with Gasteiger partial charge in [-0.05, 0) is 30.2 Å². The summed E-state index contributed by atoms with van der Waals surface area (Å²) in [6.07, 6.45) is 9.99. The SMILES string of the molecule is Cc1ccc2c(c1)c1c(n2C)-c2ccccc2C1C1[C-]=CC=C1.[Cl-].[Cl-].[Zr+3]. The van der Waals surface area contributed by atoms with Crippen molar-refractivity contribution in [3.8, 4) is 11.3 Å². The Bertz CT molecular complexity index is 1000. The summed E-state index contributed by atoms with van der Waals surface area (Å²) in [4.78, 5) is 0. The molecule has 129 valence electrons. The molecule has 0 saturated carbocycles. The minimum Gasteiger partial charge on any atom is -1.00 e. The van der Waals surface area contributed by atoms with Crippen LogP contribution in [-0.2, 0) is 33.3 Å². The van der Waals surface area contributed by atoms with Gasteiger partial charge in [-0.25, -0.2) is 12.2 Å². The van der Waals surface area contributed by atoms with Crippen LogP contribution in [0.15, 0.2) is 60.7 Å². The van der Waals surface area contributed by atoms with Crippen molar-refractivity contribution in [3.05, 3.63) is 83.5 Å². The van der Waals surface area contributed by atoms with Gasteiger partial charge in [0.05, 0.1) is 5.69 Å². The van der Waals surface area contributed by atoms with Crippen LogP contribution in [0.3, 0.4) is 0 Å². The average Bonchev–Trinajstić information content (AvgIpc) is 3.24. The molecule has 0 amide bonds. The van der Waals surface area contributed by atoms with E-state index >= 15 is 0 Å². The van der Waals surface area contributed by atoms with E-state index in [-0.39, 0.29) is 51.0 Å². The summed E-state index contributed by atoms with van der Waals surface area (Å²) in [5.41, 5.74) is 8.33. The van der Waals surface area contributed by atoms with Crippen LogP contribution < -0.4 is 24.8 Å². The van der Waals surface area contributed by atoms with E-state index in [0.29, 0.717) is 11.8 Å². The van der Waals surface area contributed by atoms with Crippen LogP contribution in [-0.4, -0.2) is 4.57 Å². The van der Waals surface area contributed by atoms with E-state index in [1.807, 2.05) is 0 Å². The molecule has 1 nitrogen and oxygen atoms in total. The molecule has 26 heavy (non-hydrogen) atoms. The average molecular weight is 459 g/mol. The third kappa shape index (κ3) is 2.87. The fourth-order valence-electron chi connectivity index (χ4n) is 4.34. The number of fused-ring (bicyclic) bond motifs is 5. The van der Waals surface area contributed by atoms with Gasteiger partial charge in [0.25, 0.3) is 0 Å². The van der Waals surface area contributed by atoms with E-state index in [4.69, 9.17) is 0 Å². The van der Waals surface area contributed by atoms with Crippen LogP contribution in [0.25, 0.3) is 22.2 Å². The first kappa shape index (κ1) is 21.2. The Labute approximate surface area is 186 Å². The molecule has 3 aromatic rings. The van der Waals surface area contributed by atoms with Gasteiger partial charge in [-0.15, -0.1) is 0 Å². The van der Waals surface area contributed by atoms with Gasteiger partial charge in [0.15, 0.2) is 0 Å². The standard InChI is InChI=1S/C22H18N.2ClH.Zr/c1-14-11-12-19-18(13-14)21-20(15-7-3-4-8-15)16-9-5-6-10-17(16)22(21)23(19)2;;;/h3-7,9-13,15,20H,1-2H3;2*1H;/q-1;;;+3/p-2. The monoisotopic (exact) mass is 456 g/mol. The minimum atomic E-state index is 0. The predicted molar refractivity (Wildman–Crippen MR) is 95.4 cm³/mol. The zero-order valence-electron chi connectivity index (χ0n) is 14.6. The maximum absolute atomic E-state index is 3.52. The first-order valence-corrected chi connectivity index (χ1v) is 8.20. The van der Waals surface area contributed by atoms with Gasteiger partial charge in [-0.1, -0.05) is 41.8 Å². The summed E-state index contributed by atoms with van der Waals surface area (Å²) in [6.45, 7) is 2.18. The maximum atomic E-state index is 3.52. The van der Waals surface area contributed by atoms with E-state index in [0.717, 1.165) is 0 Å². The van der Waals surface area contributed by atoms with Crippen LogP contribution in [0.2, 0.25) is 0 Å². The summed E-state index contributed by atoms with van der Waals surface area (Å²) in [7, 11) is 2.19. The van der Waals surface area contributed by atoms with Crippen molar-refractivity contribution >= 4 is 10.9 Å². The second-order valence-electron chi connectivity index (χ2n) is 6.65. The third-order valence-corrected chi connectivity index (χ3v) is 5.32. The van der Waals surface area contributed by atoms with Crippen molar-refractivity contribution in [2.45, 2.75) is 12.8 Å². The second kappa shape index (κ2) is 7.89. The van der Waals surface area contributed by atoms with Gasteiger partial charge in [0.1, 0.15) is 0 Å². The van der Waals surface area contributed by atoms with Gasteiger partial charge in [0.2, 0.25) is 0 Å². The van der Waals surface area contributed by atoms with Crippen LogP contribution in [0.4, 0.5) is 0 Å². The maximum Gasteiger partial charge on any atom is 3.00 e. The van der Waals surface area contributed by atoms with Crippen molar-refractivity contribution in [2.24, 2.45) is 13.0 Å². The van der Waals surface area contributed by atoms with Crippen LogP contribution >= 0.6 is 0 Å². The summed E-state index contributed by atoms with van der Waals surface area (Å²) in [5, 5.41) is 1.39. The van der Waals surface area contributed by atoms with Crippen molar-refractivity contribution in [3.63, 3.8) is 0 Å². The van der Waals surface area contributed by atoms with Gasteiger partial charge in [-0.2, -0.15) is 6.08 Å². The topological polar surface area (TPSA) is 4.93 Å². The number of rotatable bonds is 1. The summed E-state index contributed by atoms with van der Waals surface area (Å²) < 4.78 is 2.37. The molecule has 0 N–H and O–H groups in total. The number of hydrogen-bond donors (Lipinski definition) is 0. The quantitative estimate of drug-likeness (QED) is 0.419. The molecule has 5 rings (SSSR count). The first-order chi connectivity index (χ1) is 11.3. The molecule has 2 aliphatic rings. The van der Waals surface area contributed by atoms with Gasteiger partial charge >= 0.3 is 26.2 Å². The number of aromatic nitrogens is 1. The van der Waals surface area contributed by atoms with Gasteiger partial charge < -0.3 is 29.4 Å². The van der Waals surface area contributed by atoms with Crippen molar-refractivity contribution in [1.82, 2.24) is 4.57 Å². The molecule has 0 saturated heterocycles. The van der Waals surface area contributed by atoms with Gasteiger partial charge in [-0.3, -0.25) is 6.08 Å². The molecule has 0 aliphatic heterocycles. The normalized spacial score (nSPS) is 18.7. The molecule has 2 atom stereocenters. The van der Waals surface area contributed by atoms with E-state index < -0.39 is 0 Å². The molecular formula is C22H18Cl2NZr. The van der Waals surface area contributed by atoms with Crippen molar-refractivity contribution < 1.29 is 51.0 Å². The third-order valence-electron chi connectivity index (χ3n) is 5.32. The van der Waals surface area contributed by atoms with Crippen molar-refractivity contribution in [2.75, 3.05) is 0 Å². The molecular weight excluding hydrogens is 440 g/mol. The Morgan fingerprint density at radius 2 is 1.81 bits per heavy atom. The van der Waals surface area contributed by atoms with E-state index in [9.17, 15) is 0 Å². The molecule has 4 heteroatoms. The summed E-state index contributed by atoms with van der Waals surface area (Å²) in [5.74, 6) is 0.713. The molecule has 0 bridgehead atoms. The molecule has 2 aliphatic carbocycles. The molecule has 1 aromatic heterocycles. The minimum absolute atomic E-state index is 0. The number of allylic oxidation sites excluding steroid dienone is 4. The predicted octanol–water partition coefficient (Wildman–Crippen LogP) is -0.850. The number of aryl methyl sites for hydroxylation is 2. The zero-order chi connectivity index (χ0) is 15.6. The molecule has 0 spiro atoms. The molecule has 2 unspecified atom stereocenters. The van der Waals surface area contributed by atoms with E-state index in [2.05, 4.69) is 85.3 Å². The Morgan fingerprint density at radius 3 is 2.54 bits per heavy atom. The van der Waals surface area contributed by atoms with Gasteiger partial charge in [0, 0.05) is 29.4 Å². The largest absolute Gasteiger partial charge is 3.00 e. The van der Waals surface area contributed by atoms with E-state index in [1.54, 1.807) is 0 Å². The molecule has 1 heterocycles. The number of halogens is 2. The Kier molecular flexibility index (Phi) is 6.44. The first-order valence-electron chi connectivity index (χ1n) is 8.20. The number of hydrogen-bond acceptors (Lipinski definition) is 0. The Balaban J connectivity index is 0.000000810. The zero-order valence-corrected chi connectivity index (χ0v) is 18.6. The molecule has 2 aromatic carbocycles. The number of benzene rings is 2. The van der Waals surface area contributed by atoms with Crippen molar-refractivity contribution in [1.29, 1.82) is 0 Å². The summed E-state index contributed by atoms with van der Waals surface area (Å²) >= 11 is 0. The van der Waals surface area contributed by atoms with Crippen LogP contribution in [0.5, 0.6) is 0 Å². The van der Waals surface area contributed by atoms with E-state index in [1.165, 1.54) is 38.9 Å².